The smallest absolute Gasteiger partial charge is 0.228 e. The van der Waals surface area contributed by atoms with Crippen LogP contribution in [-0.4, -0.2) is 19.9 Å². The lowest BCUT2D eigenvalue weighted by molar-refractivity contribution is 0.654. The van der Waals surface area contributed by atoms with Gasteiger partial charge < -0.3 is 4.42 Å². The number of halogens is 1. The SMILES string of the molecule is Clc1nc(-c2ccc(-c3ccccc3)cc2)nc(-c2ccnc3oc4ccccc4c23)n1. The van der Waals surface area contributed by atoms with Crippen LogP contribution in [0.15, 0.2) is 95.5 Å². The van der Waals surface area contributed by atoms with E-state index in [1.165, 1.54) is 0 Å². The van der Waals surface area contributed by atoms with Crippen LogP contribution in [-0.2, 0) is 0 Å². The van der Waals surface area contributed by atoms with Gasteiger partial charge in [-0.15, -0.1) is 0 Å². The first-order valence-corrected chi connectivity index (χ1v) is 10.5. The van der Waals surface area contributed by atoms with Gasteiger partial charge in [0, 0.05) is 22.7 Å². The van der Waals surface area contributed by atoms with Crippen molar-refractivity contribution in [2.75, 3.05) is 0 Å². The minimum absolute atomic E-state index is 0.134. The maximum Gasteiger partial charge on any atom is 0.228 e. The van der Waals surface area contributed by atoms with Crippen LogP contribution in [0.5, 0.6) is 0 Å². The Labute approximate surface area is 188 Å². The standard InChI is InChI=1S/C26H15ClN4O/c27-26-30-23(18-12-10-17(11-13-18)16-6-2-1-3-7-16)29-24(31-26)20-14-15-28-25-22(20)19-8-4-5-9-21(19)32-25/h1-15H. The average Bonchev–Trinajstić information content (AvgIpc) is 3.23. The first kappa shape index (κ1) is 18.7. The summed E-state index contributed by atoms with van der Waals surface area (Å²) in [5.74, 6) is 0.989. The fourth-order valence-corrected chi connectivity index (χ4v) is 4.04. The Morgan fingerprint density at radius 1 is 0.625 bits per heavy atom. The number of hydrogen-bond donors (Lipinski definition) is 0. The van der Waals surface area contributed by atoms with Crippen molar-refractivity contribution < 1.29 is 4.42 Å². The number of benzene rings is 3. The molecule has 0 spiro atoms. The Kier molecular flexibility index (Phi) is 4.40. The number of aromatic nitrogens is 4. The number of nitrogens with zero attached hydrogens (tertiary/aromatic N) is 4. The van der Waals surface area contributed by atoms with Crippen LogP contribution in [0.4, 0.5) is 0 Å². The third kappa shape index (κ3) is 3.20. The molecule has 0 unspecified atom stereocenters. The minimum atomic E-state index is 0.134. The van der Waals surface area contributed by atoms with Crippen LogP contribution in [0.3, 0.4) is 0 Å². The van der Waals surface area contributed by atoms with Gasteiger partial charge in [0.25, 0.3) is 0 Å². The van der Waals surface area contributed by atoms with Gasteiger partial charge in [-0.25, -0.2) is 9.97 Å². The van der Waals surface area contributed by atoms with Gasteiger partial charge in [0.05, 0.1) is 5.39 Å². The average molecular weight is 435 g/mol. The van der Waals surface area contributed by atoms with Crippen LogP contribution in [0, 0.1) is 0 Å². The number of para-hydroxylation sites is 1. The molecule has 6 heteroatoms. The number of pyridine rings is 1. The molecule has 0 aliphatic rings. The number of rotatable bonds is 3. The van der Waals surface area contributed by atoms with Crippen LogP contribution in [0.1, 0.15) is 0 Å². The van der Waals surface area contributed by atoms with Crippen LogP contribution >= 0.6 is 11.6 Å². The van der Waals surface area contributed by atoms with E-state index >= 15 is 0 Å². The molecule has 6 rings (SSSR count). The molecule has 0 bridgehead atoms. The summed E-state index contributed by atoms with van der Waals surface area (Å²) in [7, 11) is 0. The molecule has 3 heterocycles. The lowest BCUT2D eigenvalue weighted by atomic mass is 10.0. The van der Waals surface area contributed by atoms with E-state index in [2.05, 4.69) is 39.2 Å². The van der Waals surface area contributed by atoms with Gasteiger partial charge in [0.2, 0.25) is 11.0 Å². The summed E-state index contributed by atoms with van der Waals surface area (Å²) in [5, 5.41) is 1.95. The van der Waals surface area contributed by atoms with E-state index in [0.717, 1.165) is 38.6 Å². The van der Waals surface area contributed by atoms with Gasteiger partial charge in [-0.2, -0.15) is 9.97 Å². The summed E-state index contributed by atoms with van der Waals surface area (Å²) in [6.07, 6.45) is 1.69. The second kappa shape index (κ2) is 7.55. The third-order valence-corrected chi connectivity index (χ3v) is 5.55. The van der Waals surface area contributed by atoms with Crippen molar-refractivity contribution in [3.63, 3.8) is 0 Å². The maximum atomic E-state index is 6.32. The van der Waals surface area contributed by atoms with E-state index in [1.807, 2.05) is 60.7 Å². The summed E-state index contributed by atoms with van der Waals surface area (Å²) in [6, 6.07) is 28.0. The molecule has 3 aromatic heterocycles. The fourth-order valence-electron chi connectivity index (χ4n) is 3.87. The lowest BCUT2D eigenvalue weighted by Crippen LogP contribution is -1.98. The molecular formula is C26H15ClN4O. The third-order valence-electron chi connectivity index (χ3n) is 5.38. The number of furan rings is 1. The van der Waals surface area contributed by atoms with Crippen LogP contribution < -0.4 is 0 Å². The van der Waals surface area contributed by atoms with Gasteiger partial charge in [0.15, 0.2) is 11.6 Å². The molecule has 0 atom stereocenters. The highest BCUT2D eigenvalue weighted by Gasteiger charge is 2.17. The van der Waals surface area contributed by atoms with E-state index in [4.69, 9.17) is 21.0 Å². The predicted molar refractivity (Wildman–Crippen MR) is 126 cm³/mol. The highest BCUT2D eigenvalue weighted by molar-refractivity contribution is 6.28. The van der Waals surface area contributed by atoms with Crippen LogP contribution in [0.25, 0.3) is 56.0 Å². The summed E-state index contributed by atoms with van der Waals surface area (Å²) < 4.78 is 5.90. The molecule has 0 saturated heterocycles. The van der Waals surface area contributed by atoms with Gasteiger partial charge in [-0.1, -0.05) is 72.8 Å². The molecule has 0 fully saturated rings. The zero-order valence-electron chi connectivity index (χ0n) is 16.7. The Hall–Kier alpha value is -4.09. The molecule has 32 heavy (non-hydrogen) atoms. The molecule has 0 aliphatic heterocycles. The normalized spacial score (nSPS) is 11.3. The molecule has 0 amide bonds. The van der Waals surface area contributed by atoms with Crippen molar-refractivity contribution in [3.05, 3.63) is 96.4 Å². The molecular weight excluding hydrogens is 420 g/mol. The summed E-state index contributed by atoms with van der Waals surface area (Å²) in [5.41, 5.74) is 5.23. The van der Waals surface area contributed by atoms with Crippen molar-refractivity contribution >= 4 is 33.7 Å². The molecule has 0 saturated carbocycles. The molecule has 0 radical (unpaired) electrons. The zero-order valence-corrected chi connectivity index (χ0v) is 17.5. The Morgan fingerprint density at radius 2 is 1.31 bits per heavy atom. The van der Waals surface area contributed by atoms with E-state index < -0.39 is 0 Å². The molecule has 5 nitrogen and oxygen atoms in total. The van der Waals surface area contributed by atoms with Crippen LogP contribution in [0.2, 0.25) is 5.28 Å². The lowest BCUT2D eigenvalue weighted by Gasteiger charge is -2.07. The van der Waals surface area contributed by atoms with Crippen molar-refractivity contribution in [2.24, 2.45) is 0 Å². The second-order valence-corrected chi connectivity index (χ2v) is 7.67. The topological polar surface area (TPSA) is 64.7 Å². The highest BCUT2D eigenvalue weighted by Crippen LogP contribution is 2.35. The molecule has 0 N–H and O–H groups in total. The monoisotopic (exact) mass is 434 g/mol. The first-order chi connectivity index (χ1) is 15.8. The van der Waals surface area contributed by atoms with Gasteiger partial charge in [-0.3, -0.25) is 0 Å². The van der Waals surface area contributed by atoms with Crippen molar-refractivity contribution in [1.29, 1.82) is 0 Å². The quantitative estimate of drug-likeness (QED) is 0.305. The van der Waals surface area contributed by atoms with Crippen molar-refractivity contribution in [3.8, 4) is 33.9 Å². The molecule has 152 valence electrons. The minimum Gasteiger partial charge on any atom is -0.438 e. The molecule has 6 aromatic rings. The Morgan fingerprint density at radius 3 is 2.16 bits per heavy atom. The van der Waals surface area contributed by atoms with E-state index in [1.54, 1.807) is 6.20 Å². The van der Waals surface area contributed by atoms with Gasteiger partial charge >= 0.3 is 0 Å². The van der Waals surface area contributed by atoms with E-state index in [9.17, 15) is 0 Å². The molecule has 3 aromatic carbocycles. The van der Waals surface area contributed by atoms with Gasteiger partial charge in [-0.05, 0) is 34.9 Å². The predicted octanol–water partition coefficient (Wildman–Crippen LogP) is 6.82. The van der Waals surface area contributed by atoms with E-state index in [0.29, 0.717) is 17.4 Å². The molecule has 0 aliphatic carbocycles. The summed E-state index contributed by atoms with van der Waals surface area (Å²) in [6.45, 7) is 0. The van der Waals surface area contributed by atoms with Crippen molar-refractivity contribution in [1.82, 2.24) is 19.9 Å². The van der Waals surface area contributed by atoms with Gasteiger partial charge in [0.1, 0.15) is 5.58 Å². The van der Waals surface area contributed by atoms with E-state index in [-0.39, 0.29) is 5.28 Å². The summed E-state index contributed by atoms with van der Waals surface area (Å²) in [4.78, 5) is 17.9. The maximum absolute atomic E-state index is 6.32. The Balaban J connectivity index is 1.48. The second-order valence-electron chi connectivity index (χ2n) is 7.33. The first-order valence-electron chi connectivity index (χ1n) is 10.1. The van der Waals surface area contributed by atoms with Crippen molar-refractivity contribution in [2.45, 2.75) is 0 Å². The largest absolute Gasteiger partial charge is 0.438 e. The number of fused-ring (bicyclic) bond motifs is 3. The number of hydrogen-bond acceptors (Lipinski definition) is 5. The summed E-state index contributed by atoms with van der Waals surface area (Å²) >= 11 is 6.32. The Bertz CT molecular complexity index is 1580. The zero-order chi connectivity index (χ0) is 21.5. The highest BCUT2D eigenvalue weighted by atomic mass is 35.5. The fraction of sp³-hybridized carbons (Fsp3) is 0.